The van der Waals surface area contributed by atoms with E-state index < -0.39 is 0 Å². The van der Waals surface area contributed by atoms with Crippen molar-refractivity contribution in [1.29, 1.82) is 5.26 Å². The molecule has 0 fully saturated rings. The summed E-state index contributed by atoms with van der Waals surface area (Å²) in [5.41, 5.74) is 3.32. The van der Waals surface area contributed by atoms with Gasteiger partial charge in [0.25, 0.3) is 5.91 Å². The average molecular weight is 472 g/mol. The van der Waals surface area contributed by atoms with Gasteiger partial charge in [0.05, 0.1) is 31.0 Å². The van der Waals surface area contributed by atoms with Crippen molar-refractivity contribution in [3.05, 3.63) is 95.4 Å². The fraction of sp³-hybridized carbons (Fsp3) is 0.154. The normalized spacial score (nSPS) is 10.5. The molecule has 0 aliphatic carbocycles. The van der Waals surface area contributed by atoms with Crippen LogP contribution in [-0.4, -0.2) is 39.2 Å². The Hall–Kier alpha value is -4.15. The molecule has 0 aliphatic heterocycles. The molecule has 2 heterocycles. The van der Waals surface area contributed by atoms with Crippen molar-refractivity contribution in [2.24, 2.45) is 0 Å². The zero-order chi connectivity index (χ0) is 23.9. The van der Waals surface area contributed by atoms with Crippen LogP contribution in [-0.2, 0) is 6.54 Å². The number of methoxy groups -OCH3 is 1. The number of benzene rings is 2. The van der Waals surface area contributed by atoms with Gasteiger partial charge < -0.3 is 9.64 Å². The Balaban J connectivity index is 1.79. The zero-order valence-electron chi connectivity index (χ0n) is 18.6. The maximum Gasteiger partial charge on any atom is 0.272 e. The Morgan fingerprint density at radius 2 is 2.00 bits per heavy atom. The third-order valence-electron chi connectivity index (χ3n) is 5.22. The topological polar surface area (TPSA) is 84.0 Å². The molecule has 0 saturated heterocycles. The highest BCUT2D eigenvalue weighted by atomic mass is 35.5. The molecule has 1 amide bonds. The smallest absolute Gasteiger partial charge is 0.272 e. The number of amides is 1. The maximum atomic E-state index is 13.8. The van der Waals surface area contributed by atoms with E-state index in [1.807, 2.05) is 48.5 Å². The minimum absolute atomic E-state index is 0.208. The second-order valence-corrected chi connectivity index (χ2v) is 7.97. The Kier molecular flexibility index (Phi) is 7.21. The van der Waals surface area contributed by atoms with Gasteiger partial charge in [-0.1, -0.05) is 35.9 Å². The van der Waals surface area contributed by atoms with Gasteiger partial charge in [-0.2, -0.15) is 10.4 Å². The molecule has 0 saturated carbocycles. The standard InChI is InChI=1S/C26H22ClN5O2/c1-34-23-10-2-7-20(14-23)24-16-25(32(30-24)22-9-3-8-21(27)15-22)26(33)31(13-5-11-28)18-19-6-4-12-29-17-19/h2-4,6-10,12,14-17H,5,13,18H2,1H3. The van der Waals surface area contributed by atoms with Gasteiger partial charge in [0.2, 0.25) is 0 Å². The minimum atomic E-state index is -0.249. The molecule has 170 valence electrons. The first kappa shape index (κ1) is 23.0. The van der Waals surface area contributed by atoms with Crippen LogP contribution in [0.5, 0.6) is 5.75 Å². The largest absolute Gasteiger partial charge is 0.497 e. The molecule has 34 heavy (non-hydrogen) atoms. The molecule has 0 spiro atoms. The van der Waals surface area contributed by atoms with Crippen molar-refractivity contribution in [2.75, 3.05) is 13.7 Å². The first-order valence-electron chi connectivity index (χ1n) is 10.6. The molecule has 8 heteroatoms. The molecule has 4 aromatic rings. The number of hydrogen-bond donors (Lipinski definition) is 0. The lowest BCUT2D eigenvalue weighted by Gasteiger charge is -2.22. The summed E-state index contributed by atoms with van der Waals surface area (Å²) in [6.07, 6.45) is 3.60. The molecular formula is C26H22ClN5O2. The summed E-state index contributed by atoms with van der Waals surface area (Å²) in [5.74, 6) is 0.440. The Labute approximate surface area is 202 Å². The van der Waals surface area contributed by atoms with Gasteiger partial charge in [-0.3, -0.25) is 9.78 Å². The molecule has 0 atom stereocenters. The lowest BCUT2D eigenvalue weighted by atomic mass is 10.1. The SMILES string of the molecule is COc1cccc(-c2cc(C(=O)N(CCC#N)Cc3cccnc3)n(-c3cccc(Cl)c3)n2)c1. The maximum absolute atomic E-state index is 13.8. The number of nitriles is 1. The van der Waals surface area contributed by atoms with Crippen molar-refractivity contribution in [3.63, 3.8) is 0 Å². The highest BCUT2D eigenvalue weighted by Crippen LogP contribution is 2.27. The van der Waals surface area contributed by atoms with Gasteiger partial charge in [0.15, 0.2) is 0 Å². The molecule has 2 aromatic carbocycles. The second-order valence-electron chi connectivity index (χ2n) is 7.53. The van der Waals surface area contributed by atoms with Crippen molar-refractivity contribution in [3.8, 4) is 28.8 Å². The summed E-state index contributed by atoms with van der Waals surface area (Å²) in [6.45, 7) is 0.600. The number of ether oxygens (including phenoxy) is 1. The molecule has 0 aliphatic rings. The fourth-order valence-corrected chi connectivity index (χ4v) is 3.76. The van der Waals surface area contributed by atoms with Crippen LogP contribution in [0.15, 0.2) is 79.1 Å². The van der Waals surface area contributed by atoms with E-state index in [0.717, 1.165) is 11.1 Å². The molecule has 0 bridgehead atoms. The van der Waals surface area contributed by atoms with Crippen LogP contribution in [0.25, 0.3) is 16.9 Å². The Morgan fingerprint density at radius 1 is 1.15 bits per heavy atom. The minimum Gasteiger partial charge on any atom is -0.497 e. The summed E-state index contributed by atoms with van der Waals surface area (Å²) >= 11 is 6.23. The van der Waals surface area contributed by atoms with Crippen LogP contribution in [0.4, 0.5) is 0 Å². The molecule has 7 nitrogen and oxygen atoms in total. The molecule has 0 N–H and O–H groups in total. The number of rotatable bonds is 8. The van der Waals surface area contributed by atoms with E-state index in [0.29, 0.717) is 34.4 Å². The van der Waals surface area contributed by atoms with E-state index in [1.165, 1.54) is 0 Å². The monoisotopic (exact) mass is 471 g/mol. The summed E-state index contributed by atoms with van der Waals surface area (Å²) in [5, 5.41) is 14.4. The van der Waals surface area contributed by atoms with E-state index in [4.69, 9.17) is 26.7 Å². The van der Waals surface area contributed by atoms with Crippen LogP contribution in [0.3, 0.4) is 0 Å². The highest BCUT2D eigenvalue weighted by molar-refractivity contribution is 6.30. The van der Waals surface area contributed by atoms with E-state index in [2.05, 4.69) is 11.1 Å². The third kappa shape index (κ3) is 5.25. The summed E-state index contributed by atoms with van der Waals surface area (Å²) in [7, 11) is 1.60. The predicted octanol–water partition coefficient (Wildman–Crippen LogP) is 5.15. The Morgan fingerprint density at radius 3 is 2.74 bits per heavy atom. The van der Waals surface area contributed by atoms with Crippen LogP contribution >= 0.6 is 11.6 Å². The number of halogens is 1. The quantitative estimate of drug-likeness (QED) is 0.354. The number of carbonyl (C=O) groups excluding carboxylic acids is 1. The van der Waals surface area contributed by atoms with Crippen molar-refractivity contribution < 1.29 is 9.53 Å². The van der Waals surface area contributed by atoms with Crippen molar-refractivity contribution >= 4 is 17.5 Å². The van der Waals surface area contributed by atoms with Gasteiger partial charge in [-0.15, -0.1) is 0 Å². The average Bonchev–Trinajstić information content (AvgIpc) is 3.32. The van der Waals surface area contributed by atoms with E-state index in [1.54, 1.807) is 47.3 Å². The van der Waals surface area contributed by atoms with Crippen LogP contribution in [0.1, 0.15) is 22.5 Å². The van der Waals surface area contributed by atoms with E-state index in [9.17, 15) is 4.79 Å². The number of carbonyl (C=O) groups is 1. The van der Waals surface area contributed by atoms with Gasteiger partial charge in [0, 0.05) is 36.1 Å². The van der Waals surface area contributed by atoms with Crippen LogP contribution in [0.2, 0.25) is 5.02 Å². The van der Waals surface area contributed by atoms with Crippen molar-refractivity contribution in [1.82, 2.24) is 19.7 Å². The summed E-state index contributed by atoms with van der Waals surface area (Å²) in [6, 6.07) is 22.2. The first-order chi connectivity index (χ1) is 16.6. The van der Waals surface area contributed by atoms with Crippen LogP contribution in [0, 0.1) is 11.3 Å². The Bertz CT molecular complexity index is 1330. The second kappa shape index (κ2) is 10.6. The van der Waals surface area contributed by atoms with Gasteiger partial charge >= 0.3 is 0 Å². The first-order valence-corrected chi connectivity index (χ1v) is 11.0. The predicted molar refractivity (Wildman–Crippen MR) is 130 cm³/mol. The summed E-state index contributed by atoms with van der Waals surface area (Å²) < 4.78 is 6.94. The van der Waals surface area contributed by atoms with Crippen LogP contribution < -0.4 is 4.74 Å². The number of pyridine rings is 1. The van der Waals surface area contributed by atoms with E-state index >= 15 is 0 Å². The number of aromatic nitrogens is 3. The highest BCUT2D eigenvalue weighted by Gasteiger charge is 2.23. The lowest BCUT2D eigenvalue weighted by Crippen LogP contribution is -2.33. The van der Waals surface area contributed by atoms with Gasteiger partial charge in [-0.05, 0) is 48.0 Å². The number of nitrogens with zero attached hydrogens (tertiary/aromatic N) is 5. The molecule has 0 radical (unpaired) electrons. The fourth-order valence-electron chi connectivity index (χ4n) is 3.57. The zero-order valence-corrected chi connectivity index (χ0v) is 19.3. The van der Waals surface area contributed by atoms with E-state index in [-0.39, 0.29) is 18.9 Å². The number of hydrogen-bond acceptors (Lipinski definition) is 5. The molecular weight excluding hydrogens is 450 g/mol. The third-order valence-corrected chi connectivity index (χ3v) is 5.46. The van der Waals surface area contributed by atoms with Gasteiger partial charge in [-0.25, -0.2) is 4.68 Å². The molecule has 2 aromatic heterocycles. The summed E-state index contributed by atoms with van der Waals surface area (Å²) in [4.78, 5) is 19.6. The van der Waals surface area contributed by atoms with Gasteiger partial charge in [0.1, 0.15) is 11.4 Å². The molecule has 4 rings (SSSR count). The van der Waals surface area contributed by atoms with Crippen molar-refractivity contribution in [2.45, 2.75) is 13.0 Å². The lowest BCUT2D eigenvalue weighted by molar-refractivity contribution is 0.0737. The molecule has 0 unspecified atom stereocenters.